The van der Waals surface area contributed by atoms with Crippen LogP contribution < -0.4 is 5.32 Å². The Bertz CT molecular complexity index is 599. The summed E-state index contributed by atoms with van der Waals surface area (Å²) in [5.41, 5.74) is 3.31. The number of halogens is 2. The third-order valence-electron chi connectivity index (χ3n) is 3.50. The fourth-order valence-corrected chi connectivity index (χ4v) is 2.78. The van der Waals surface area contributed by atoms with E-state index in [0.717, 1.165) is 35.7 Å². The molecular weight excluding hydrogens is 303 g/mol. The molecule has 1 heterocycles. The van der Waals surface area contributed by atoms with Crippen molar-refractivity contribution in [2.24, 2.45) is 0 Å². The Balaban J connectivity index is 2.28. The van der Waals surface area contributed by atoms with Crippen molar-refractivity contribution in [1.29, 1.82) is 0 Å². The van der Waals surface area contributed by atoms with E-state index in [9.17, 15) is 0 Å². The Labute approximate surface area is 136 Å². The molecule has 0 bridgehead atoms. The van der Waals surface area contributed by atoms with Gasteiger partial charge in [0.05, 0.1) is 0 Å². The molecule has 1 aromatic carbocycles. The lowest BCUT2D eigenvalue weighted by atomic mass is 9.97. The monoisotopic (exact) mass is 322 g/mol. The molecular formula is C17H20Cl2N2. The molecule has 1 atom stereocenters. The summed E-state index contributed by atoms with van der Waals surface area (Å²) >= 11 is 12.4. The van der Waals surface area contributed by atoms with Crippen LogP contribution in [0, 0.1) is 6.92 Å². The van der Waals surface area contributed by atoms with Crippen LogP contribution in [0.15, 0.2) is 36.5 Å². The summed E-state index contributed by atoms with van der Waals surface area (Å²) in [4.78, 5) is 4.39. The zero-order valence-corrected chi connectivity index (χ0v) is 13.9. The number of hydrogen-bond acceptors (Lipinski definition) is 2. The Morgan fingerprint density at radius 3 is 2.76 bits per heavy atom. The molecule has 0 amide bonds. The summed E-state index contributed by atoms with van der Waals surface area (Å²) in [5, 5.41) is 5.05. The molecule has 0 fully saturated rings. The van der Waals surface area contributed by atoms with Crippen LogP contribution in [0.5, 0.6) is 0 Å². The first-order valence-electron chi connectivity index (χ1n) is 7.20. The summed E-state index contributed by atoms with van der Waals surface area (Å²) in [6.07, 6.45) is 3.70. The average molecular weight is 323 g/mol. The number of nitrogens with zero attached hydrogens (tertiary/aromatic N) is 1. The van der Waals surface area contributed by atoms with Crippen LogP contribution >= 0.6 is 23.2 Å². The van der Waals surface area contributed by atoms with Gasteiger partial charge in [0.15, 0.2) is 0 Å². The lowest BCUT2D eigenvalue weighted by Crippen LogP contribution is -2.25. The highest BCUT2D eigenvalue weighted by Crippen LogP contribution is 2.27. The molecule has 0 saturated heterocycles. The SMILES string of the molecule is CCCNC(Cc1cc(Cl)ccc1Cl)c1cccnc1C. The fraction of sp³-hybridized carbons (Fsp3) is 0.353. The van der Waals surface area contributed by atoms with Crippen LogP contribution in [0.3, 0.4) is 0 Å². The molecule has 2 nitrogen and oxygen atoms in total. The quantitative estimate of drug-likeness (QED) is 0.811. The number of pyridine rings is 1. The highest BCUT2D eigenvalue weighted by Gasteiger charge is 2.16. The summed E-state index contributed by atoms with van der Waals surface area (Å²) in [6, 6.07) is 9.89. The number of hydrogen-bond donors (Lipinski definition) is 1. The Morgan fingerprint density at radius 1 is 1.24 bits per heavy atom. The second kappa shape index (κ2) is 7.79. The Morgan fingerprint density at radius 2 is 2.05 bits per heavy atom. The molecule has 0 aliphatic rings. The van der Waals surface area contributed by atoms with E-state index in [2.05, 4.69) is 23.3 Å². The largest absolute Gasteiger partial charge is 0.310 e. The molecule has 0 aliphatic heterocycles. The zero-order chi connectivity index (χ0) is 15.2. The summed E-state index contributed by atoms with van der Waals surface area (Å²) in [6.45, 7) is 5.15. The minimum atomic E-state index is 0.189. The van der Waals surface area contributed by atoms with Crippen LogP contribution in [0.25, 0.3) is 0 Å². The number of rotatable bonds is 6. The van der Waals surface area contributed by atoms with E-state index in [1.807, 2.05) is 37.4 Å². The van der Waals surface area contributed by atoms with Crippen molar-refractivity contribution in [2.75, 3.05) is 6.54 Å². The lowest BCUT2D eigenvalue weighted by Gasteiger charge is -2.21. The summed E-state index contributed by atoms with van der Waals surface area (Å²) < 4.78 is 0. The molecule has 0 spiro atoms. The second-order valence-corrected chi connectivity index (χ2v) is 5.97. The van der Waals surface area contributed by atoms with Gasteiger partial charge in [0.1, 0.15) is 0 Å². The number of benzene rings is 1. The standard InChI is InChI=1S/C17H20Cl2N2/c1-3-8-21-17(15-5-4-9-20-12(15)2)11-13-10-14(18)6-7-16(13)19/h4-7,9-10,17,21H,3,8,11H2,1-2H3. The van der Waals surface area contributed by atoms with E-state index < -0.39 is 0 Å². The van der Waals surface area contributed by atoms with Crippen LogP contribution in [0.4, 0.5) is 0 Å². The highest BCUT2D eigenvalue weighted by atomic mass is 35.5. The van der Waals surface area contributed by atoms with Crippen molar-refractivity contribution in [3.05, 3.63) is 63.4 Å². The van der Waals surface area contributed by atoms with Crippen LogP contribution in [0.2, 0.25) is 10.0 Å². The van der Waals surface area contributed by atoms with E-state index in [4.69, 9.17) is 23.2 Å². The normalized spacial score (nSPS) is 12.4. The van der Waals surface area contributed by atoms with Gasteiger partial charge in [-0.1, -0.05) is 36.2 Å². The zero-order valence-electron chi connectivity index (χ0n) is 12.4. The molecule has 112 valence electrons. The maximum atomic E-state index is 6.30. The topological polar surface area (TPSA) is 24.9 Å². The summed E-state index contributed by atoms with van der Waals surface area (Å²) in [5.74, 6) is 0. The number of nitrogens with one attached hydrogen (secondary N) is 1. The minimum Gasteiger partial charge on any atom is -0.310 e. The lowest BCUT2D eigenvalue weighted by molar-refractivity contribution is 0.525. The molecule has 21 heavy (non-hydrogen) atoms. The molecule has 1 unspecified atom stereocenters. The maximum absolute atomic E-state index is 6.30. The van der Waals surface area contributed by atoms with Gasteiger partial charge < -0.3 is 5.32 Å². The van der Waals surface area contributed by atoms with Crippen LogP contribution in [-0.4, -0.2) is 11.5 Å². The highest BCUT2D eigenvalue weighted by molar-refractivity contribution is 6.33. The number of aromatic nitrogens is 1. The second-order valence-electron chi connectivity index (χ2n) is 5.12. The van der Waals surface area contributed by atoms with Gasteiger partial charge in [-0.05, 0) is 61.7 Å². The summed E-state index contributed by atoms with van der Waals surface area (Å²) in [7, 11) is 0. The Hall–Kier alpha value is -1.09. The van der Waals surface area contributed by atoms with Gasteiger partial charge in [0.25, 0.3) is 0 Å². The first kappa shape index (κ1) is 16.3. The van der Waals surface area contributed by atoms with Gasteiger partial charge in [0, 0.05) is 28.0 Å². The van der Waals surface area contributed by atoms with E-state index in [0.29, 0.717) is 5.02 Å². The minimum absolute atomic E-state index is 0.189. The van der Waals surface area contributed by atoms with Gasteiger partial charge in [0.2, 0.25) is 0 Å². The molecule has 0 aliphatic carbocycles. The third-order valence-corrected chi connectivity index (χ3v) is 4.10. The molecule has 1 aromatic heterocycles. The van der Waals surface area contributed by atoms with Gasteiger partial charge in [-0.3, -0.25) is 4.98 Å². The van der Waals surface area contributed by atoms with Crippen molar-refractivity contribution >= 4 is 23.2 Å². The van der Waals surface area contributed by atoms with Crippen molar-refractivity contribution in [2.45, 2.75) is 32.7 Å². The van der Waals surface area contributed by atoms with E-state index in [1.54, 1.807) is 0 Å². The van der Waals surface area contributed by atoms with Gasteiger partial charge in [-0.25, -0.2) is 0 Å². The van der Waals surface area contributed by atoms with Crippen LogP contribution in [-0.2, 0) is 6.42 Å². The fourth-order valence-electron chi connectivity index (χ4n) is 2.40. The first-order chi connectivity index (χ1) is 10.1. The van der Waals surface area contributed by atoms with Gasteiger partial charge in [-0.2, -0.15) is 0 Å². The number of aryl methyl sites for hydroxylation is 1. The van der Waals surface area contributed by atoms with Gasteiger partial charge in [-0.15, -0.1) is 0 Å². The molecule has 1 N–H and O–H groups in total. The van der Waals surface area contributed by atoms with Crippen molar-refractivity contribution in [3.8, 4) is 0 Å². The predicted molar refractivity (Wildman–Crippen MR) is 90.2 cm³/mol. The van der Waals surface area contributed by atoms with Crippen molar-refractivity contribution in [1.82, 2.24) is 10.3 Å². The van der Waals surface area contributed by atoms with Gasteiger partial charge >= 0.3 is 0 Å². The predicted octanol–water partition coefficient (Wildman–Crippen LogP) is 4.98. The molecule has 0 saturated carbocycles. The molecule has 2 aromatic rings. The van der Waals surface area contributed by atoms with E-state index in [1.165, 1.54) is 5.56 Å². The van der Waals surface area contributed by atoms with E-state index >= 15 is 0 Å². The molecule has 0 radical (unpaired) electrons. The first-order valence-corrected chi connectivity index (χ1v) is 7.96. The Kier molecular flexibility index (Phi) is 6.04. The average Bonchev–Trinajstić information content (AvgIpc) is 2.48. The van der Waals surface area contributed by atoms with Crippen molar-refractivity contribution < 1.29 is 0 Å². The maximum Gasteiger partial charge on any atom is 0.0439 e. The molecule has 4 heteroatoms. The van der Waals surface area contributed by atoms with Crippen LogP contribution in [0.1, 0.15) is 36.2 Å². The third kappa shape index (κ3) is 4.44. The van der Waals surface area contributed by atoms with E-state index in [-0.39, 0.29) is 6.04 Å². The smallest absolute Gasteiger partial charge is 0.0439 e. The molecule has 2 rings (SSSR count). The van der Waals surface area contributed by atoms with Crippen molar-refractivity contribution in [3.63, 3.8) is 0 Å².